The molecule has 0 radical (unpaired) electrons. The van der Waals surface area contributed by atoms with E-state index in [0.717, 1.165) is 32.1 Å². The van der Waals surface area contributed by atoms with Crippen LogP contribution < -0.4 is 0 Å². The van der Waals surface area contributed by atoms with Crippen molar-refractivity contribution < 1.29 is 10.2 Å². The molecule has 1 rings (SSSR count). The first kappa shape index (κ1) is 11.0. The second kappa shape index (κ2) is 4.43. The van der Waals surface area contributed by atoms with Gasteiger partial charge in [0.25, 0.3) is 0 Å². The minimum absolute atomic E-state index is 0.211. The first-order valence-electron chi connectivity index (χ1n) is 5.44. The number of aliphatic hydroxyl groups is 2. The van der Waals surface area contributed by atoms with Crippen LogP contribution in [0.5, 0.6) is 0 Å². The molecule has 0 aliphatic heterocycles. The van der Waals surface area contributed by atoms with E-state index in [0.29, 0.717) is 0 Å². The van der Waals surface area contributed by atoms with Crippen molar-refractivity contribution in [3.05, 3.63) is 0 Å². The van der Waals surface area contributed by atoms with Gasteiger partial charge in [0.1, 0.15) is 0 Å². The summed E-state index contributed by atoms with van der Waals surface area (Å²) in [7, 11) is 0. The first-order valence-corrected chi connectivity index (χ1v) is 5.44. The summed E-state index contributed by atoms with van der Waals surface area (Å²) >= 11 is 0. The lowest BCUT2D eigenvalue weighted by atomic mass is 9.78. The van der Waals surface area contributed by atoms with E-state index in [4.69, 9.17) is 0 Å². The molecule has 0 aromatic heterocycles. The van der Waals surface area contributed by atoms with Gasteiger partial charge >= 0.3 is 0 Å². The maximum absolute atomic E-state index is 10.2. The largest absolute Gasteiger partial charge is 0.393 e. The molecule has 2 N–H and O–H groups in total. The van der Waals surface area contributed by atoms with Crippen molar-refractivity contribution in [3.63, 3.8) is 0 Å². The molecule has 0 bridgehead atoms. The van der Waals surface area contributed by atoms with Gasteiger partial charge in [-0.15, -0.1) is 0 Å². The minimum atomic E-state index is -0.478. The SMILES string of the molecule is CC(O)C(C)CC1(O)CCCCC1. The first-order chi connectivity index (χ1) is 6.03. The van der Waals surface area contributed by atoms with E-state index in [2.05, 4.69) is 0 Å². The van der Waals surface area contributed by atoms with Gasteiger partial charge in [-0.3, -0.25) is 0 Å². The molecule has 0 aromatic carbocycles. The Labute approximate surface area is 81.0 Å². The number of aliphatic hydroxyl groups excluding tert-OH is 1. The highest BCUT2D eigenvalue weighted by atomic mass is 16.3. The Bertz CT molecular complexity index is 148. The number of hydrogen-bond donors (Lipinski definition) is 2. The predicted octanol–water partition coefficient (Wildman–Crippen LogP) is 2.09. The fourth-order valence-corrected chi connectivity index (χ4v) is 2.18. The van der Waals surface area contributed by atoms with Crippen molar-refractivity contribution in [1.29, 1.82) is 0 Å². The third-order valence-electron chi connectivity index (χ3n) is 3.31. The van der Waals surface area contributed by atoms with E-state index >= 15 is 0 Å². The van der Waals surface area contributed by atoms with Crippen LogP contribution in [0.1, 0.15) is 52.4 Å². The second-order valence-corrected chi connectivity index (χ2v) is 4.71. The zero-order chi connectivity index (χ0) is 9.90. The van der Waals surface area contributed by atoms with Gasteiger partial charge in [0.2, 0.25) is 0 Å². The average Bonchev–Trinajstić information content (AvgIpc) is 2.04. The standard InChI is InChI=1S/C11H22O2/c1-9(10(2)12)8-11(13)6-4-3-5-7-11/h9-10,12-13H,3-8H2,1-2H3. The molecule has 13 heavy (non-hydrogen) atoms. The van der Waals surface area contributed by atoms with Crippen molar-refractivity contribution in [2.24, 2.45) is 5.92 Å². The lowest BCUT2D eigenvalue weighted by molar-refractivity contribution is -0.0318. The van der Waals surface area contributed by atoms with Crippen LogP contribution >= 0.6 is 0 Å². The van der Waals surface area contributed by atoms with Gasteiger partial charge in [0, 0.05) is 0 Å². The van der Waals surface area contributed by atoms with E-state index in [-0.39, 0.29) is 12.0 Å². The van der Waals surface area contributed by atoms with Crippen LogP contribution in [0, 0.1) is 5.92 Å². The van der Waals surface area contributed by atoms with Crippen LogP contribution in [0.15, 0.2) is 0 Å². The molecule has 2 nitrogen and oxygen atoms in total. The zero-order valence-electron chi connectivity index (χ0n) is 8.79. The van der Waals surface area contributed by atoms with Gasteiger partial charge in [0.15, 0.2) is 0 Å². The lowest BCUT2D eigenvalue weighted by Crippen LogP contribution is -2.35. The molecule has 2 atom stereocenters. The fourth-order valence-electron chi connectivity index (χ4n) is 2.18. The van der Waals surface area contributed by atoms with E-state index < -0.39 is 5.60 Å². The Morgan fingerprint density at radius 3 is 2.15 bits per heavy atom. The highest BCUT2D eigenvalue weighted by Gasteiger charge is 2.31. The van der Waals surface area contributed by atoms with Gasteiger partial charge in [-0.1, -0.05) is 26.2 Å². The van der Waals surface area contributed by atoms with E-state index in [1.807, 2.05) is 6.92 Å². The van der Waals surface area contributed by atoms with Gasteiger partial charge in [-0.05, 0) is 32.1 Å². The molecular formula is C11H22O2. The predicted molar refractivity (Wildman–Crippen MR) is 53.5 cm³/mol. The molecule has 2 heteroatoms. The molecule has 1 aliphatic carbocycles. The summed E-state index contributed by atoms with van der Waals surface area (Å²) in [5.74, 6) is 0.211. The van der Waals surface area contributed by atoms with Gasteiger partial charge < -0.3 is 10.2 Å². The summed E-state index contributed by atoms with van der Waals surface area (Å²) in [4.78, 5) is 0. The molecule has 2 unspecified atom stereocenters. The van der Waals surface area contributed by atoms with Crippen molar-refractivity contribution in [3.8, 4) is 0 Å². The maximum Gasteiger partial charge on any atom is 0.0651 e. The maximum atomic E-state index is 10.2. The third kappa shape index (κ3) is 3.28. The molecule has 1 saturated carbocycles. The fraction of sp³-hybridized carbons (Fsp3) is 1.00. The Balaban J connectivity index is 2.40. The van der Waals surface area contributed by atoms with Gasteiger partial charge in [0.05, 0.1) is 11.7 Å². The third-order valence-corrected chi connectivity index (χ3v) is 3.31. The van der Waals surface area contributed by atoms with Crippen LogP contribution in [0.25, 0.3) is 0 Å². The van der Waals surface area contributed by atoms with Gasteiger partial charge in [-0.25, -0.2) is 0 Å². The molecule has 78 valence electrons. The summed E-state index contributed by atoms with van der Waals surface area (Å²) in [5, 5.41) is 19.5. The topological polar surface area (TPSA) is 40.5 Å². The van der Waals surface area contributed by atoms with Crippen molar-refractivity contribution >= 4 is 0 Å². The Hall–Kier alpha value is -0.0800. The van der Waals surface area contributed by atoms with E-state index in [1.165, 1.54) is 6.42 Å². The van der Waals surface area contributed by atoms with Crippen LogP contribution in [0.2, 0.25) is 0 Å². The van der Waals surface area contributed by atoms with Crippen LogP contribution in [-0.2, 0) is 0 Å². The quantitative estimate of drug-likeness (QED) is 0.708. The number of hydrogen-bond acceptors (Lipinski definition) is 2. The number of rotatable bonds is 3. The molecule has 0 aromatic rings. The van der Waals surface area contributed by atoms with Gasteiger partial charge in [-0.2, -0.15) is 0 Å². The average molecular weight is 186 g/mol. The summed E-state index contributed by atoms with van der Waals surface area (Å²) in [6, 6.07) is 0. The highest BCUT2D eigenvalue weighted by Crippen LogP contribution is 2.33. The van der Waals surface area contributed by atoms with E-state index in [1.54, 1.807) is 6.92 Å². The molecule has 1 fully saturated rings. The van der Waals surface area contributed by atoms with Crippen molar-refractivity contribution in [2.75, 3.05) is 0 Å². The molecule has 0 saturated heterocycles. The summed E-state index contributed by atoms with van der Waals surface area (Å²) in [6.45, 7) is 3.81. The van der Waals surface area contributed by atoms with Crippen molar-refractivity contribution in [2.45, 2.75) is 64.1 Å². The Morgan fingerprint density at radius 2 is 1.69 bits per heavy atom. The second-order valence-electron chi connectivity index (χ2n) is 4.71. The zero-order valence-corrected chi connectivity index (χ0v) is 8.79. The van der Waals surface area contributed by atoms with Crippen LogP contribution in [0.4, 0.5) is 0 Å². The Kier molecular flexibility index (Phi) is 3.74. The highest BCUT2D eigenvalue weighted by molar-refractivity contribution is 4.84. The Morgan fingerprint density at radius 1 is 1.15 bits per heavy atom. The molecule has 0 spiro atoms. The monoisotopic (exact) mass is 186 g/mol. The molecule has 0 heterocycles. The summed E-state index contributed by atoms with van der Waals surface area (Å²) < 4.78 is 0. The molecule has 1 aliphatic rings. The lowest BCUT2D eigenvalue weighted by Gasteiger charge is -2.35. The normalized spacial score (nSPS) is 26.8. The smallest absolute Gasteiger partial charge is 0.0651 e. The minimum Gasteiger partial charge on any atom is -0.393 e. The van der Waals surface area contributed by atoms with Crippen molar-refractivity contribution in [1.82, 2.24) is 0 Å². The summed E-state index contributed by atoms with van der Waals surface area (Å²) in [6.07, 6.45) is 5.84. The van der Waals surface area contributed by atoms with Crippen LogP contribution in [0.3, 0.4) is 0 Å². The molecule has 0 amide bonds. The van der Waals surface area contributed by atoms with Crippen LogP contribution in [-0.4, -0.2) is 21.9 Å². The molecular weight excluding hydrogens is 164 g/mol. The van der Waals surface area contributed by atoms with E-state index in [9.17, 15) is 10.2 Å². The summed E-state index contributed by atoms with van der Waals surface area (Å²) in [5.41, 5.74) is -0.478.